The number of likely N-dealkylation sites (N-methyl/N-ethyl adjacent to an activating group) is 1. The van der Waals surface area contributed by atoms with E-state index in [1.54, 1.807) is 0 Å². The number of allylic oxidation sites excluding steroid dienone is 1. The van der Waals surface area contributed by atoms with Crippen molar-refractivity contribution in [1.29, 1.82) is 0 Å². The summed E-state index contributed by atoms with van der Waals surface area (Å²) in [7, 11) is 2.24. The SMILES string of the molecule is CC(C)C1=C2c3ncccc3-c3cccc4c3N2C(C4)N1C. The Labute approximate surface area is 130 Å². The van der Waals surface area contributed by atoms with E-state index < -0.39 is 0 Å². The number of hydrogen-bond donors (Lipinski definition) is 0. The molecule has 1 unspecified atom stereocenters. The van der Waals surface area contributed by atoms with Crippen LogP contribution in [0.2, 0.25) is 0 Å². The minimum Gasteiger partial charge on any atom is -0.355 e. The highest BCUT2D eigenvalue weighted by atomic mass is 15.4. The van der Waals surface area contributed by atoms with Gasteiger partial charge in [0.1, 0.15) is 6.17 Å². The van der Waals surface area contributed by atoms with Gasteiger partial charge < -0.3 is 9.80 Å². The molecule has 3 nitrogen and oxygen atoms in total. The highest BCUT2D eigenvalue weighted by Gasteiger charge is 2.47. The molecule has 0 radical (unpaired) electrons. The summed E-state index contributed by atoms with van der Waals surface area (Å²) in [6, 6.07) is 11.0. The molecule has 0 amide bonds. The Hall–Kier alpha value is -2.29. The molecule has 3 heteroatoms. The summed E-state index contributed by atoms with van der Waals surface area (Å²) in [5.74, 6) is 0.495. The van der Waals surface area contributed by atoms with Crippen LogP contribution in [0.3, 0.4) is 0 Å². The third-order valence-electron chi connectivity index (χ3n) is 5.24. The van der Waals surface area contributed by atoms with Gasteiger partial charge in [0.2, 0.25) is 0 Å². The third kappa shape index (κ3) is 1.26. The molecule has 0 saturated heterocycles. The van der Waals surface area contributed by atoms with Crippen LogP contribution in [0.4, 0.5) is 5.69 Å². The van der Waals surface area contributed by atoms with Gasteiger partial charge in [0.25, 0.3) is 0 Å². The van der Waals surface area contributed by atoms with E-state index in [0.717, 1.165) is 12.1 Å². The second-order valence-corrected chi connectivity index (χ2v) is 6.77. The molecule has 0 N–H and O–H groups in total. The van der Waals surface area contributed by atoms with Crippen LogP contribution >= 0.6 is 0 Å². The summed E-state index contributed by atoms with van der Waals surface area (Å²) in [5, 5.41) is 0. The van der Waals surface area contributed by atoms with Crippen LogP contribution in [0, 0.1) is 5.92 Å². The van der Waals surface area contributed by atoms with Gasteiger partial charge >= 0.3 is 0 Å². The monoisotopic (exact) mass is 289 g/mol. The molecule has 3 aliphatic rings. The number of fused-ring (bicyclic) bond motifs is 3. The highest BCUT2D eigenvalue weighted by Crippen LogP contribution is 2.55. The summed E-state index contributed by atoms with van der Waals surface area (Å²) < 4.78 is 0. The maximum Gasteiger partial charge on any atom is 0.110 e. The van der Waals surface area contributed by atoms with Crippen molar-refractivity contribution in [3.8, 4) is 11.1 Å². The van der Waals surface area contributed by atoms with Gasteiger partial charge in [0, 0.05) is 36.5 Å². The maximum absolute atomic E-state index is 4.76. The van der Waals surface area contributed by atoms with Gasteiger partial charge in [-0.15, -0.1) is 0 Å². The lowest BCUT2D eigenvalue weighted by Gasteiger charge is -2.31. The van der Waals surface area contributed by atoms with Gasteiger partial charge in [0.05, 0.1) is 17.1 Å². The molecule has 0 aliphatic carbocycles. The van der Waals surface area contributed by atoms with E-state index in [2.05, 4.69) is 61.0 Å². The minimum absolute atomic E-state index is 0.415. The quantitative estimate of drug-likeness (QED) is 0.797. The van der Waals surface area contributed by atoms with Crippen LogP contribution in [0.5, 0.6) is 0 Å². The first kappa shape index (κ1) is 12.3. The number of pyridine rings is 1. The second-order valence-electron chi connectivity index (χ2n) is 6.77. The average Bonchev–Trinajstić information content (AvgIpc) is 3.03. The predicted molar refractivity (Wildman–Crippen MR) is 89.2 cm³/mol. The normalized spacial score (nSPS) is 20.8. The van der Waals surface area contributed by atoms with Crippen molar-refractivity contribution in [2.45, 2.75) is 26.4 Å². The first-order valence-corrected chi connectivity index (χ1v) is 8.02. The van der Waals surface area contributed by atoms with Crippen molar-refractivity contribution in [3.63, 3.8) is 0 Å². The van der Waals surface area contributed by atoms with Gasteiger partial charge in [-0.2, -0.15) is 0 Å². The Morgan fingerprint density at radius 1 is 1.14 bits per heavy atom. The number of nitrogens with zero attached hydrogens (tertiary/aromatic N) is 3. The average molecular weight is 289 g/mol. The fraction of sp³-hybridized carbons (Fsp3) is 0.316. The zero-order valence-corrected chi connectivity index (χ0v) is 13.2. The first-order chi connectivity index (χ1) is 10.7. The molecule has 0 spiro atoms. The Morgan fingerprint density at radius 2 is 1.95 bits per heavy atom. The Kier molecular flexibility index (Phi) is 2.18. The van der Waals surface area contributed by atoms with Crippen LogP contribution in [0.1, 0.15) is 25.1 Å². The largest absolute Gasteiger partial charge is 0.355 e. The van der Waals surface area contributed by atoms with Crippen molar-refractivity contribution in [2.75, 3.05) is 11.9 Å². The molecule has 4 heterocycles. The lowest BCUT2D eigenvalue weighted by Crippen LogP contribution is -2.37. The van der Waals surface area contributed by atoms with Crippen molar-refractivity contribution in [3.05, 3.63) is 53.5 Å². The van der Waals surface area contributed by atoms with E-state index in [0.29, 0.717) is 12.1 Å². The zero-order chi connectivity index (χ0) is 15.0. The first-order valence-electron chi connectivity index (χ1n) is 8.02. The molecule has 0 bridgehead atoms. The zero-order valence-electron chi connectivity index (χ0n) is 13.2. The minimum atomic E-state index is 0.415. The molecule has 3 aliphatic heterocycles. The molecule has 5 rings (SSSR count). The van der Waals surface area contributed by atoms with Crippen molar-refractivity contribution in [2.24, 2.45) is 5.92 Å². The van der Waals surface area contributed by atoms with E-state index in [1.807, 2.05) is 6.20 Å². The standard InChI is InChI=1S/C19H19N3/c1-11(2)17-19-16-13(8-5-9-20-16)14-7-4-6-12-10-15(21(17)3)22(19)18(12)14/h4-9,11,15H,10H2,1-3H3. The Bertz CT molecular complexity index is 834. The maximum atomic E-state index is 4.76. The van der Waals surface area contributed by atoms with Crippen molar-refractivity contribution >= 4 is 11.4 Å². The van der Waals surface area contributed by atoms with Crippen LogP contribution < -0.4 is 4.90 Å². The molecule has 1 atom stereocenters. The highest BCUT2D eigenvalue weighted by molar-refractivity contribution is 6.02. The van der Waals surface area contributed by atoms with Gasteiger partial charge in [-0.3, -0.25) is 4.98 Å². The fourth-order valence-electron chi connectivity index (χ4n) is 4.44. The molecular formula is C19H19N3. The number of rotatable bonds is 1. The summed E-state index contributed by atoms with van der Waals surface area (Å²) in [6.45, 7) is 4.57. The summed E-state index contributed by atoms with van der Waals surface area (Å²) in [4.78, 5) is 9.76. The van der Waals surface area contributed by atoms with Crippen LogP contribution in [0.15, 0.2) is 42.2 Å². The van der Waals surface area contributed by atoms with E-state index in [4.69, 9.17) is 4.98 Å². The van der Waals surface area contributed by atoms with E-state index in [9.17, 15) is 0 Å². The van der Waals surface area contributed by atoms with Gasteiger partial charge in [-0.25, -0.2) is 0 Å². The lowest BCUT2D eigenvalue weighted by atomic mass is 9.92. The molecule has 1 aromatic carbocycles. The number of aromatic nitrogens is 1. The molecule has 1 aromatic heterocycles. The molecule has 0 saturated carbocycles. The van der Waals surface area contributed by atoms with Crippen molar-refractivity contribution < 1.29 is 0 Å². The number of benzene rings is 1. The molecule has 0 fully saturated rings. The van der Waals surface area contributed by atoms with Crippen LogP contribution in [-0.2, 0) is 6.42 Å². The van der Waals surface area contributed by atoms with E-state index in [-0.39, 0.29) is 0 Å². The number of hydrogen-bond acceptors (Lipinski definition) is 3. The summed E-state index contributed by atoms with van der Waals surface area (Å²) in [5.41, 5.74) is 9.38. The molecular weight excluding hydrogens is 270 g/mol. The number of para-hydroxylation sites is 1. The summed E-state index contributed by atoms with van der Waals surface area (Å²) in [6.07, 6.45) is 3.42. The fourth-order valence-corrected chi connectivity index (χ4v) is 4.44. The second kappa shape index (κ2) is 3.92. The van der Waals surface area contributed by atoms with Gasteiger partial charge in [-0.05, 0) is 17.5 Å². The van der Waals surface area contributed by atoms with E-state index in [1.165, 1.54) is 33.8 Å². The Morgan fingerprint density at radius 3 is 2.77 bits per heavy atom. The molecule has 2 aromatic rings. The van der Waals surface area contributed by atoms with Crippen molar-refractivity contribution in [1.82, 2.24) is 9.88 Å². The van der Waals surface area contributed by atoms with Crippen LogP contribution in [-0.4, -0.2) is 23.1 Å². The topological polar surface area (TPSA) is 19.4 Å². The van der Waals surface area contributed by atoms with E-state index >= 15 is 0 Å². The molecule has 22 heavy (non-hydrogen) atoms. The molecule has 110 valence electrons. The Balaban J connectivity index is 1.93. The third-order valence-corrected chi connectivity index (χ3v) is 5.24. The van der Waals surface area contributed by atoms with Crippen LogP contribution in [0.25, 0.3) is 16.8 Å². The number of anilines is 1. The smallest absolute Gasteiger partial charge is 0.110 e. The predicted octanol–water partition coefficient (Wildman–Crippen LogP) is 3.72. The lowest BCUT2D eigenvalue weighted by molar-refractivity contribution is 0.317. The van der Waals surface area contributed by atoms with Gasteiger partial charge in [0.15, 0.2) is 0 Å². The van der Waals surface area contributed by atoms with Gasteiger partial charge in [-0.1, -0.05) is 38.1 Å². The summed E-state index contributed by atoms with van der Waals surface area (Å²) >= 11 is 0.